The molecule has 0 saturated heterocycles. The highest BCUT2D eigenvalue weighted by molar-refractivity contribution is 5.88. The van der Waals surface area contributed by atoms with Crippen LogP contribution in [0.5, 0.6) is 0 Å². The number of carbonyl (C=O) groups is 1. The van der Waals surface area contributed by atoms with Crippen LogP contribution in [-0.2, 0) is 9.53 Å². The Morgan fingerprint density at radius 2 is 1.92 bits per heavy atom. The number of hydrogen-bond donors (Lipinski definition) is 0. The van der Waals surface area contributed by atoms with Gasteiger partial charge in [-0.05, 0) is 27.7 Å². The number of esters is 1. The maximum Gasteiger partial charge on any atom is 0.333 e. The van der Waals surface area contributed by atoms with Gasteiger partial charge in [0.25, 0.3) is 0 Å². The summed E-state index contributed by atoms with van der Waals surface area (Å²) in [4.78, 5) is 11.1. The first kappa shape index (κ1) is 11.0. The molecule has 12 heavy (non-hydrogen) atoms. The van der Waals surface area contributed by atoms with Gasteiger partial charge in [-0.1, -0.05) is 17.7 Å². The minimum absolute atomic E-state index is 0.229. The molecular weight excluding hydrogens is 152 g/mol. The van der Waals surface area contributed by atoms with Crippen LogP contribution in [0.1, 0.15) is 27.7 Å². The summed E-state index contributed by atoms with van der Waals surface area (Å²) in [7, 11) is 0. The first-order chi connectivity index (χ1) is 5.59. The molecule has 0 aromatic carbocycles. The maximum absolute atomic E-state index is 11.1. The van der Waals surface area contributed by atoms with Crippen LogP contribution in [0.4, 0.5) is 0 Å². The summed E-state index contributed by atoms with van der Waals surface area (Å²) in [6.45, 7) is 7.81. The Morgan fingerprint density at radius 1 is 1.33 bits per heavy atom. The molecule has 0 amide bonds. The molecule has 0 heterocycles. The lowest BCUT2D eigenvalue weighted by Crippen LogP contribution is -2.06. The van der Waals surface area contributed by atoms with Crippen LogP contribution in [0.25, 0.3) is 0 Å². The van der Waals surface area contributed by atoms with Crippen molar-refractivity contribution in [1.82, 2.24) is 0 Å². The summed E-state index contributed by atoms with van der Waals surface area (Å²) in [5.74, 6) is -0.229. The molecule has 0 aromatic rings. The largest absolute Gasteiger partial charge is 0.458 e. The van der Waals surface area contributed by atoms with Gasteiger partial charge in [-0.2, -0.15) is 0 Å². The highest BCUT2D eigenvalue weighted by Crippen LogP contribution is 2.03. The minimum atomic E-state index is -0.229. The Balaban J connectivity index is 3.98. The second kappa shape index (κ2) is 5.58. The predicted molar refractivity (Wildman–Crippen MR) is 49.8 cm³/mol. The Hall–Kier alpha value is -1.05. The fourth-order valence-corrected chi connectivity index (χ4v) is 0.532. The predicted octanol–water partition coefficient (Wildman–Crippen LogP) is 2.46. The highest BCUT2D eigenvalue weighted by atomic mass is 16.5. The van der Waals surface area contributed by atoms with Crippen LogP contribution in [0.2, 0.25) is 0 Å². The lowest BCUT2D eigenvalue weighted by Gasteiger charge is -2.02. The van der Waals surface area contributed by atoms with Crippen molar-refractivity contribution in [3.8, 4) is 0 Å². The van der Waals surface area contributed by atoms with Gasteiger partial charge in [0.1, 0.15) is 6.61 Å². The number of rotatable bonds is 3. The summed E-state index contributed by atoms with van der Waals surface area (Å²) >= 11 is 0. The fraction of sp³-hybridized carbons (Fsp3) is 0.500. The molecule has 2 heteroatoms. The fourth-order valence-electron chi connectivity index (χ4n) is 0.532. The van der Waals surface area contributed by atoms with Gasteiger partial charge in [0.2, 0.25) is 0 Å². The Labute approximate surface area is 73.9 Å². The average molecular weight is 168 g/mol. The zero-order valence-corrected chi connectivity index (χ0v) is 8.18. The van der Waals surface area contributed by atoms with Gasteiger partial charge >= 0.3 is 5.97 Å². The van der Waals surface area contributed by atoms with Crippen LogP contribution in [0, 0.1) is 0 Å². The number of carbonyl (C=O) groups excluding carboxylic acids is 1. The van der Waals surface area contributed by atoms with Crippen molar-refractivity contribution in [2.75, 3.05) is 6.61 Å². The summed E-state index contributed by atoms with van der Waals surface area (Å²) in [5, 5.41) is 0. The van der Waals surface area contributed by atoms with E-state index in [1.807, 2.05) is 26.8 Å². The molecule has 0 rings (SSSR count). The van der Waals surface area contributed by atoms with Gasteiger partial charge in [-0.15, -0.1) is 0 Å². The van der Waals surface area contributed by atoms with Crippen molar-refractivity contribution in [1.29, 1.82) is 0 Å². The molecular formula is C10H16O2. The second-order valence-electron chi connectivity index (χ2n) is 2.79. The van der Waals surface area contributed by atoms with Gasteiger partial charge in [0, 0.05) is 5.57 Å². The zero-order chi connectivity index (χ0) is 9.56. The van der Waals surface area contributed by atoms with Crippen molar-refractivity contribution in [2.24, 2.45) is 0 Å². The summed E-state index contributed by atoms with van der Waals surface area (Å²) in [5.41, 5.74) is 1.69. The van der Waals surface area contributed by atoms with E-state index in [9.17, 15) is 4.79 Å². The van der Waals surface area contributed by atoms with Gasteiger partial charge in [-0.25, -0.2) is 4.79 Å². The molecule has 0 aliphatic carbocycles. The van der Waals surface area contributed by atoms with Crippen LogP contribution in [-0.4, -0.2) is 12.6 Å². The smallest absolute Gasteiger partial charge is 0.333 e. The van der Waals surface area contributed by atoms with E-state index >= 15 is 0 Å². The van der Waals surface area contributed by atoms with Gasteiger partial charge < -0.3 is 4.74 Å². The summed E-state index contributed by atoms with van der Waals surface area (Å²) in [6.07, 6.45) is 3.65. The normalized spacial score (nSPS) is 10.0. The number of ether oxygens (including phenoxy) is 1. The van der Waals surface area contributed by atoms with Crippen LogP contribution in [0.15, 0.2) is 23.3 Å². The third kappa shape index (κ3) is 3.96. The zero-order valence-electron chi connectivity index (χ0n) is 8.18. The van der Waals surface area contributed by atoms with Crippen molar-refractivity contribution in [3.63, 3.8) is 0 Å². The Kier molecular flexibility index (Phi) is 5.09. The summed E-state index contributed by atoms with van der Waals surface area (Å²) < 4.78 is 4.92. The van der Waals surface area contributed by atoms with E-state index in [1.54, 1.807) is 13.0 Å². The van der Waals surface area contributed by atoms with Crippen molar-refractivity contribution < 1.29 is 9.53 Å². The van der Waals surface area contributed by atoms with Crippen molar-refractivity contribution in [3.05, 3.63) is 23.3 Å². The molecule has 0 fully saturated rings. The van der Waals surface area contributed by atoms with E-state index in [0.29, 0.717) is 12.2 Å². The van der Waals surface area contributed by atoms with Gasteiger partial charge in [0.15, 0.2) is 0 Å². The summed E-state index contributed by atoms with van der Waals surface area (Å²) in [6, 6.07) is 0. The first-order valence-electron chi connectivity index (χ1n) is 4.02. The molecule has 0 unspecified atom stereocenters. The minimum Gasteiger partial charge on any atom is -0.458 e. The Bertz CT molecular complexity index is 208. The maximum atomic E-state index is 11.1. The van der Waals surface area contributed by atoms with E-state index in [4.69, 9.17) is 4.74 Å². The number of hydrogen-bond acceptors (Lipinski definition) is 2. The van der Waals surface area contributed by atoms with Crippen LogP contribution >= 0.6 is 0 Å². The third-order valence-corrected chi connectivity index (χ3v) is 1.60. The molecule has 0 N–H and O–H groups in total. The molecule has 0 spiro atoms. The van der Waals surface area contributed by atoms with Crippen molar-refractivity contribution >= 4 is 5.97 Å². The molecule has 0 aliphatic heterocycles. The Morgan fingerprint density at radius 3 is 2.33 bits per heavy atom. The first-order valence-corrected chi connectivity index (χ1v) is 4.02. The standard InChI is InChI=1S/C10H16O2/c1-5-6-7-12-10(11)9(4)8(2)3/h5-6H,7H2,1-4H3. The lowest BCUT2D eigenvalue weighted by molar-refractivity contribution is -0.137. The third-order valence-electron chi connectivity index (χ3n) is 1.60. The number of allylic oxidation sites excluding steroid dienone is 2. The monoisotopic (exact) mass is 168 g/mol. The SMILES string of the molecule is CC=CCOC(=O)C(C)=C(C)C. The molecule has 0 bridgehead atoms. The second-order valence-corrected chi connectivity index (χ2v) is 2.79. The highest BCUT2D eigenvalue weighted by Gasteiger charge is 2.04. The molecule has 2 nitrogen and oxygen atoms in total. The van der Waals surface area contributed by atoms with E-state index in [2.05, 4.69) is 0 Å². The van der Waals surface area contributed by atoms with E-state index < -0.39 is 0 Å². The van der Waals surface area contributed by atoms with Crippen LogP contribution in [0.3, 0.4) is 0 Å². The van der Waals surface area contributed by atoms with E-state index in [-0.39, 0.29) is 5.97 Å². The molecule has 0 atom stereocenters. The molecule has 0 saturated carbocycles. The van der Waals surface area contributed by atoms with Crippen LogP contribution < -0.4 is 0 Å². The molecule has 0 radical (unpaired) electrons. The van der Waals surface area contributed by atoms with Gasteiger partial charge in [0.05, 0.1) is 0 Å². The topological polar surface area (TPSA) is 26.3 Å². The van der Waals surface area contributed by atoms with E-state index in [1.165, 1.54) is 0 Å². The average Bonchev–Trinajstić information content (AvgIpc) is 2.03. The molecule has 0 aromatic heterocycles. The van der Waals surface area contributed by atoms with Crippen molar-refractivity contribution in [2.45, 2.75) is 27.7 Å². The van der Waals surface area contributed by atoms with Gasteiger partial charge in [-0.3, -0.25) is 0 Å². The lowest BCUT2D eigenvalue weighted by atomic mass is 10.2. The molecule has 0 aliphatic rings. The molecule has 68 valence electrons. The van der Waals surface area contributed by atoms with E-state index in [0.717, 1.165) is 5.57 Å². The quantitative estimate of drug-likeness (QED) is 0.367.